The second-order valence-electron chi connectivity index (χ2n) is 3.86. The van der Waals surface area contributed by atoms with E-state index in [1.54, 1.807) is 36.6 Å². The van der Waals surface area contributed by atoms with Crippen LogP contribution in [0.3, 0.4) is 0 Å². The van der Waals surface area contributed by atoms with Crippen molar-refractivity contribution in [3.63, 3.8) is 0 Å². The van der Waals surface area contributed by atoms with E-state index in [0.717, 1.165) is 0 Å². The van der Waals surface area contributed by atoms with Crippen molar-refractivity contribution in [1.82, 2.24) is 0 Å². The van der Waals surface area contributed by atoms with Crippen molar-refractivity contribution in [3.05, 3.63) is 47.4 Å². The fraction of sp³-hybridized carbons (Fsp3) is 0.154. The minimum atomic E-state index is -0.293. The molecule has 0 aliphatic rings. The monoisotopic (exact) mass is 280 g/mol. The van der Waals surface area contributed by atoms with Crippen LogP contribution in [0.2, 0.25) is 5.02 Å². The number of amides is 1. The molecule has 0 saturated heterocycles. The van der Waals surface area contributed by atoms with E-state index in [-0.39, 0.29) is 19.1 Å². The zero-order valence-electron chi connectivity index (χ0n) is 10.1. The lowest BCUT2D eigenvalue weighted by atomic mass is 10.3. The number of carbonyl (C=O) groups excluding carboxylic acids is 1. The first-order valence-corrected chi connectivity index (χ1v) is 5.98. The van der Waals surface area contributed by atoms with Gasteiger partial charge in [-0.25, -0.2) is 0 Å². The number of ether oxygens (including phenoxy) is 1. The Labute approximate surface area is 115 Å². The summed E-state index contributed by atoms with van der Waals surface area (Å²) in [5.41, 5.74) is 6.60. The van der Waals surface area contributed by atoms with E-state index >= 15 is 0 Å². The summed E-state index contributed by atoms with van der Waals surface area (Å²) in [6, 6.07) is 8.40. The fourth-order valence-corrected chi connectivity index (χ4v) is 1.69. The summed E-state index contributed by atoms with van der Waals surface area (Å²) in [4.78, 5) is 11.6. The number of furan rings is 1. The standard InChI is InChI=1S/C13H13ClN2O3/c14-11-6-9(15)3-4-12(11)16-13(17)8-18-7-10-2-1-5-19-10/h1-6H,7-8,15H2,(H,16,17). The van der Waals surface area contributed by atoms with Crippen molar-refractivity contribution >= 4 is 28.9 Å². The molecule has 3 N–H and O–H groups in total. The molecule has 19 heavy (non-hydrogen) atoms. The van der Waals surface area contributed by atoms with Crippen LogP contribution in [-0.2, 0) is 16.1 Å². The maximum Gasteiger partial charge on any atom is 0.250 e. The van der Waals surface area contributed by atoms with Crippen molar-refractivity contribution in [3.8, 4) is 0 Å². The van der Waals surface area contributed by atoms with Gasteiger partial charge in [0.25, 0.3) is 0 Å². The number of anilines is 2. The number of nitrogen functional groups attached to an aromatic ring is 1. The van der Waals surface area contributed by atoms with Crippen LogP contribution in [0.25, 0.3) is 0 Å². The van der Waals surface area contributed by atoms with Gasteiger partial charge in [0.1, 0.15) is 19.0 Å². The predicted octanol–water partition coefficient (Wildman–Crippen LogP) is 2.67. The average Bonchev–Trinajstić information content (AvgIpc) is 2.86. The zero-order valence-corrected chi connectivity index (χ0v) is 10.8. The van der Waals surface area contributed by atoms with Crippen LogP contribution >= 0.6 is 11.6 Å². The van der Waals surface area contributed by atoms with Crippen LogP contribution < -0.4 is 11.1 Å². The Hall–Kier alpha value is -1.98. The topological polar surface area (TPSA) is 77.5 Å². The molecule has 2 rings (SSSR count). The minimum absolute atomic E-state index is 0.0819. The highest BCUT2D eigenvalue weighted by atomic mass is 35.5. The second-order valence-corrected chi connectivity index (χ2v) is 4.27. The minimum Gasteiger partial charge on any atom is -0.467 e. The van der Waals surface area contributed by atoms with Crippen molar-refractivity contribution in [2.24, 2.45) is 0 Å². The SMILES string of the molecule is Nc1ccc(NC(=O)COCc2ccco2)c(Cl)c1. The Morgan fingerprint density at radius 1 is 1.42 bits per heavy atom. The summed E-state index contributed by atoms with van der Waals surface area (Å²) in [7, 11) is 0. The fourth-order valence-electron chi connectivity index (χ4n) is 1.46. The molecular formula is C13H13ClN2O3. The third-order valence-electron chi connectivity index (χ3n) is 2.32. The first-order valence-electron chi connectivity index (χ1n) is 5.60. The van der Waals surface area contributed by atoms with Crippen molar-refractivity contribution in [2.45, 2.75) is 6.61 Å². The van der Waals surface area contributed by atoms with Gasteiger partial charge in [-0.05, 0) is 30.3 Å². The van der Waals surface area contributed by atoms with Gasteiger partial charge in [0.2, 0.25) is 5.91 Å². The van der Waals surface area contributed by atoms with Crippen LogP contribution in [0.1, 0.15) is 5.76 Å². The molecular weight excluding hydrogens is 268 g/mol. The number of nitrogens with two attached hydrogens (primary N) is 1. The van der Waals surface area contributed by atoms with Gasteiger partial charge in [-0.15, -0.1) is 0 Å². The number of rotatable bonds is 5. The number of hydrogen-bond donors (Lipinski definition) is 2. The predicted molar refractivity (Wildman–Crippen MR) is 72.9 cm³/mol. The molecule has 0 bridgehead atoms. The van der Waals surface area contributed by atoms with E-state index in [0.29, 0.717) is 22.2 Å². The summed E-state index contributed by atoms with van der Waals surface area (Å²) >= 11 is 5.94. The van der Waals surface area contributed by atoms with Crippen LogP contribution in [0.4, 0.5) is 11.4 Å². The summed E-state index contributed by atoms with van der Waals surface area (Å²) in [6.45, 7) is 0.164. The Bertz CT molecular complexity index is 555. The zero-order chi connectivity index (χ0) is 13.7. The molecule has 0 aliphatic carbocycles. The Balaban J connectivity index is 1.80. The molecule has 1 amide bonds. The Morgan fingerprint density at radius 3 is 2.95 bits per heavy atom. The number of hydrogen-bond acceptors (Lipinski definition) is 4. The summed E-state index contributed by atoms with van der Waals surface area (Å²) in [6.07, 6.45) is 1.55. The summed E-state index contributed by atoms with van der Waals surface area (Å²) < 4.78 is 10.3. The third kappa shape index (κ3) is 4.01. The Kier molecular flexibility index (Phi) is 4.43. The number of carbonyl (C=O) groups is 1. The molecule has 0 aliphatic heterocycles. The lowest BCUT2D eigenvalue weighted by molar-refractivity contribution is -0.121. The van der Waals surface area contributed by atoms with Crippen LogP contribution in [-0.4, -0.2) is 12.5 Å². The van der Waals surface area contributed by atoms with Crippen molar-refractivity contribution in [2.75, 3.05) is 17.7 Å². The molecule has 0 spiro atoms. The first kappa shape index (κ1) is 13.5. The number of benzene rings is 1. The van der Waals surface area contributed by atoms with Crippen LogP contribution in [0.15, 0.2) is 41.0 Å². The van der Waals surface area contributed by atoms with Gasteiger partial charge in [0.05, 0.1) is 17.0 Å². The van der Waals surface area contributed by atoms with Gasteiger partial charge in [0, 0.05) is 5.69 Å². The van der Waals surface area contributed by atoms with Crippen molar-refractivity contribution < 1.29 is 13.9 Å². The first-order chi connectivity index (χ1) is 9.15. The van der Waals surface area contributed by atoms with Gasteiger partial charge in [-0.2, -0.15) is 0 Å². The third-order valence-corrected chi connectivity index (χ3v) is 2.64. The normalized spacial score (nSPS) is 10.4. The highest BCUT2D eigenvalue weighted by Gasteiger charge is 2.06. The summed E-state index contributed by atoms with van der Waals surface area (Å²) in [5, 5.41) is 3.02. The largest absolute Gasteiger partial charge is 0.467 e. The van der Waals surface area contributed by atoms with Gasteiger partial charge in [0.15, 0.2) is 0 Å². The molecule has 1 heterocycles. The molecule has 2 aromatic rings. The van der Waals surface area contributed by atoms with Gasteiger partial charge in [-0.3, -0.25) is 4.79 Å². The quantitative estimate of drug-likeness (QED) is 0.826. The molecule has 100 valence electrons. The molecule has 0 fully saturated rings. The van der Waals surface area contributed by atoms with E-state index in [9.17, 15) is 4.79 Å². The molecule has 0 saturated carbocycles. The average molecular weight is 281 g/mol. The molecule has 6 heteroatoms. The van der Waals surface area contributed by atoms with Gasteiger partial charge >= 0.3 is 0 Å². The van der Waals surface area contributed by atoms with Crippen molar-refractivity contribution in [1.29, 1.82) is 0 Å². The van der Waals surface area contributed by atoms with E-state index in [1.807, 2.05) is 0 Å². The van der Waals surface area contributed by atoms with Crippen LogP contribution in [0, 0.1) is 0 Å². The molecule has 1 aromatic carbocycles. The second kappa shape index (κ2) is 6.26. The molecule has 0 atom stereocenters. The van der Waals surface area contributed by atoms with Crippen LogP contribution in [0.5, 0.6) is 0 Å². The van der Waals surface area contributed by atoms with E-state index in [4.69, 9.17) is 26.5 Å². The van der Waals surface area contributed by atoms with Gasteiger partial charge < -0.3 is 20.2 Å². The maximum atomic E-state index is 11.6. The maximum absolute atomic E-state index is 11.6. The Morgan fingerprint density at radius 2 is 2.26 bits per heavy atom. The molecule has 0 unspecified atom stereocenters. The highest BCUT2D eigenvalue weighted by Crippen LogP contribution is 2.23. The van der Waals surface area contributed by atoms with E-state index in [1.165, 1.54) is 0 Å². The highest BCUT2D eigenvalue weighted by molar-refractivity contribution is 6.34. The number of nitrogens with one attached hydrogen (secondary N) is 1. The van der Waals surface area contributed by atoms with Gasteiger partial charge in [-0.1, -0.05) is 11.6 Å². The lowest BCUT2D eigenvalue weighted by Crippen LogP contribution is -2.18. The van der Waals surface area contributed by atoms with E-state index < -0.39 is 0 Å². The molecule has 1 aromatic heterocycles. The van der Waals surface area contributed by atoms with E-state index in [2.05, 4.69) is 5.32 Å². The summed E-state index contributed by atoms with van der Waals surface area (Å²) in [5.74, 6) is 0.372. The molecule has 0 radical (unpaired) electrons. The molecule has 5 nitrogen and oxygen atoms in total. The number of halogens is 1. The lowest BCUT2D eigenvalue weighted by Gasteiger charge is -2.07. The smallest absolute Gasteiger partial charge is 0.250 e.